The van der Waals surface area contributed by atoms with E-state index in [0.29, 0.717) is 5.02 Å². The molecule has 1 heterocycles. The molecule has 0 saturated carbocycles. The minimum atomic E-state index is -0.0429. The van der Waals surface area contributed by atoms with Gasteiger partial charge in [0, 0.05) is 23.7 Å². The van der Waals surface area contributed by atoms with Crippen LogP contribution in [0, 0.1) is 0 Å². The Morgan fingerprint density at radius 1 is 1.39 bits per heavy atom. The van der Waals surface area contributed by atoms with Crippen LogP contribution in [0.3, 0.4) is 0 Å². The molecule has 0 radical (unpaired) electrons. The van der Waals surface area contributed by atoms with Gasteiger partial charge in [-0.3, -0.25) is 4.79 Å². The molecule has 0 aromatic heterocycles. The molecule has 96 valence electrons. The van der Waals surface area contributed by atoms with Gasteiger partial charge in [0.25, 0.3) is 0 Å². The topological polar surface area (TPSA) is 41.1 Å². The van der Waals surface area contributed by atoms with Crippen LogP contribution in [-0.2, 0) is 4.79 Å². The molecule has 18 heavy (non-hydrogen) atoms. The second-order valence-electron chi connectivity index (χ2n) is 4.44. The first-order valence-electron chi connectivity index (χ1n) is 6.19. The van der Waals surface area contributed by atoms with E-state index < -0.39 is 0 Å². The summed E-state index contributed by atoms with van der Waals surface area (Å²) in [4.78, 5) is 11.7. The van der Waals surface area contributed by atoms with Crippen LogP contribution in [-0.4, -0.2) is 25.0 Å². The molecule has 1 saturated heterocycles. The Kier molecular flexibility index (Phi) is 4.79. The molecule has 1 aliphatic rings. The molecule has 2 rings (SSSR count). The third-order valence-corrected chi connectivity index (χ3v) is 3.19. The molecule has 3 nitrogen and oxygen atoms in total. The number of amides is 1. The molecule has 0 aliphatic carbocycles. The number of halogens is 1. The Morgan fingerprint density at radius 2 is 2.17 bits per heavy atom. The Hall–Kier alpha value is -1.32. The summed E-state index contributed by atoms with van der Waals surface area (Å²) in [6.07, 6.45) is 5.53. The molecular formula is C14H17ClN2O. The van der Waals surface area contributed by atoms with E-state index in [4.69, 9.17) is 11.6 Å². The summed E-state index contributed by atoms with van der Waals surface area (Å²) < 4.78 is 0. The highest BCUT2D eigenvalue weighted by Gasteiger charge is 2.13. The number of piperidine rings is 1. The molecule has 1 aromatic rings. The second-order valence-corrected chi connectivity index (χ2v) is 4.87. The van der Waals surface area contributed by atoms with Crippen molar-refractivity contribution < 1.29 is 4.79 Å². The number of carbonyl (C=O) groups is 1. The standard InChI is InChI=1S/C14H17ClN2O/c15-12-6-3-11(4-7-12)5-8-14(18)17-13-2-1-9-16-10-13/h3-8,13,16H,1-2,9-10H2,(H,17,18)/b8-5+. The summed E-state index contributed by atoms with van der Waals surface area (Å²) in [6, 6.07) is 7.64. The zero-order valence-electron chi connectivity index (χ0n) is 10.2. The van der Waals surface area contributed by atoms with Crippen molar-refractivity contribution in [3.63, 3.8) is 0 Å². The molecule has 1 fully saturated rings. The van der Waals surface area contributed by atoms with Gasteiger partial charge in [0.1, 0.15) is 0 Å². The van der Waals surface area contributed by atoms with E-state index in [1.54, 1.807) is 12.2 Å². The summed E-state index contributed by atoms with van der Waals surface area (Å²) in [7, 11) is 0. The molecule has 0 bridgehead atoms. The Balaban J connectivity index is 1.84. The average Bonchev–Trinajstić information content (AvgIpc) is 2.39. The van der Waals surface area contributed by atoms with Gasteiger partial charge in [-0.05, 0) is 43.2 Å². The summed E-state index contributed by atoms with van der Waals surface area (Å²) in [5.74, 6) is -0.0429. The number of benzene rings is 1. The van der Waals surface area contributed by atoms with Crippen molar-refractivity contribution in [2.75, 3.05) is 13.1 Å². The summed E-state index contributed by atoms with van der Waals surface area (Å²) in [5, 5.41) is 6.95. The Bertz CT molecular complexity index is 422. The van der Waals surface area contributed by atoms with E-state index in [0.717, 1.165) is 31.5 Å². The maximum Gasteiger partial charge on any atom is 0.244 e. The predicted molar refractivity (Wildman–Crippen MR) is 74.5 cm³/mol. The SMILES string of the molecule is O=C(/C=C/c1ccc(Cl)cc1)NC1CCCNC1. The van der Waals surface area contributed by atoms with E-state index in [1.807, 2.05) is 24.3 Å². The Morgan fingerprint density at radius 3 is 2.83 bits per heavy atom. The Labute approximate surface area is 112 Å². The van der Waals surface area contributed by atoms with E-state index >= 15 is 0 Å². The molecule has 1 aliphatic heterocycles. The molecule has 1 atom stereocenters. The van der Waals surface area contributed by atoms with Crippen molar-refractivity contribution >= 4 is 23.6 Å². The highest BCUT2D eigenvalue weighted by Crippen LogP contribution is 2.10. The third-order valence-electron chi connectivity index (χ3n) is 2.94. The lowest BCUT2D eigenvalue weighted by atomic mass is 10.1. The highest BCUT2D eigenvalue weighted by molar-refractivity contribution is 6.30. The fourth-order valence-corrected chi connectivity index (χ4v) is 2.10. The largest absolute Gasteiger partial charge is 0.349 e. The zero-order valence-corrected chi connectivity index (χ0v) is 10.9. The van der Waals surface area contributed by atoms with Crippen LogP contribution in [0.1, 0.15) is 18.4 Å². The van der Waals surface area contributed by atoms with Crippen molar-refractivity contribution in [2.45, 2.75) is 18.9 Å². The minimum Gasteiger partial charge on any atom is -0.349 e. The minimum absolute atomic E-state index is 0.0429. The van der Waals surface area contributed by atoms with Gasteiger partial charge in [0.15, 0.2) is 0 Å². The van der Waals surface area contributed by atoms with Crippen molar-refractivity contribution in [1.82, 2.24) is 10.6 Å². The zero-order chi connectivity index (χ0) is 12.8. The van der Waals surface area contributed by atoms with Crippen LogP contribution in [0.2, 0.25) is 5.02 Å². The summed E-state index contributed by atoms with van der Waals surface area (Å²) >= 11 is 5.79. The van der Waals surface area contributed by atoms with Gasteiger partial charge in [0.05, 0.1) is 0 Å². The predicted octanol–water partition coefficient (Wildman–Crippen LogP) is 2.22. The number of carbonyl (C=O) groups excluding carboxylic acids is 1. The summed E-state index contributed by atoms with van der Waals surface area (Å²) in [6.45, 7) is 1.91. The van der Waals surface area contributed by atoms with E-state index in [9.17, 15) is 4.79 Å². The normalized spacial score (nSPS) is 19.9. The first kappa shape index (κ1) is 13.1. The average molecular weight is 265 g/mol. The van der Waals surface area contributed by atoms with Gasteiger partial charge in [-0.2, -0.15) is 0 Å². The molecule has 0 spiro atoms. The van der Waals surface area contributed by atoms with Crippen molar-refractivity contribution in [1.29, 1.82) is 0 Å². The van der Waals surface area contributed by atoms with Gasteiger partial charge >= 0.3 is 0 Å². The van der Waals surface area contributed by atoms with E-state index in [1.165, 1.54) is 0 Å². The molecule has 1 amide bonds. The second kappa shape index (κ2) is 6.57. The van der Waals surface area contributed by atoms with Gasteiger partial charge in [-0.1, -0.05) is 23.7 Å². The first-order chi connectivity index (χ1) is 8.74. The van der Waals surface area contributed by atoms with Gasteiger partial charge in [-0.25, -0.2) is 0 Å². The quantitative estimate of drug-likeness (QED) is 0.822. The monoisotopic (exact) mass is 264 g/mol. The van der Waals surface area contributed by atoms with E-state index in [-0.39, 0.29) is 11.9 Å². The van der Waals surface area contributed by atoms with Crippen molar-refractivity contribution in [3.8, 4) is 0 Å². The molecule has 1 aromatic carbocycles. The molecule has 4 heteroatoms. The summed E-state index contributed by atoms with van der Waals surface area (Å²) in [5.41, 5.74) is 0.969. The fourth-order valence-electron chi connectivity index (χ4n) is 1.97. The fraction of sp³-hybridized carbons (Fsp3) is 0.357. The smallest absolute Gasteiger partial charge is 0.244 e. The molecule has 2 N–H and O–H groups in total. The van der Waals surface area contributed by atoms with Crippen molar-refractivity contribution in [2.24, 2.45) is 0 Å². The van der Waals surface area contributed by atoms with Crippen LogP contribution in [0.15, 0.2) is 30.3 Å². The number of nitrogens with one attached hydrogen (secondary N) is 2. The lowest BCUT2D eigenvalue weighted by Crippen LogP contribution is -2.45. The van der Waals surface area contributed by atoms with Crippen LogP contribution < -0.4 is 10.6 Å². The van der Waals surface area contributed by atoms with Crippen LogP contribution >= 0.6 is 11.6 Å². The molecular weight excluding hydrogens is 248 g/mol. The van der Waals surface area contributed by atoms with Crippen LogP contribution in [0.4, 0.5) is 0 Å². The van der Waals surface area contributed by atoms with Gasteiger partial charge in [0.2, 0.25) is 5.91 Å². The lowest BCUT2D eigenvalue weighted by molar-refractivity contribution is -0.117. The molecule has 1 unspecified atom stereocenters. The maximum absolute atomic E-state index is 11.7. The maximum atomic E-state index is 11.7. The lowest BCUT2D eigenvalue weighted by Gasteiger charge is -2.23. The number of rotatable bonds is 3. The van der Waals surface area contributed by atoms with E-state index in [2.05, 4.69) is 10.6 Å². The number of hydrogen-bond donors (Lipinski definition) is 2. The third kappa shape index (κ3) is 4.17. The van der Waals surface area contributed by atoms with Gasteiger partial charge < -0.3 is 10.6 Å². The number of hydrogen-bond acceptors (Lipinski definition) is 2. The van der Waals surface area contributed by atoms with Crippen LogP contribution in [0.25, 0.3) is 6.08 Å². The highest BCUT2D eigenvalue weighted by atomic mass is 35.5. The van der Waals surface area contributed by atoms with Crippen LogP contribution in [0.5, 0.6) is 0 Å². The van der Waals surface area contributed by atoms with Gasteiger partial charge in [-0.15, -0.1) is 0 Å². The van der Waals surface area contributed by atoms with Crippen molar-refractivity contribution in [3.05, 3.63) is 40.9 Å². The first-order valence-corrected chi connectivity index (χ1v) is 6.57.